The van der Waals surface area contributed by atoms with E-state index in [-0.39, 0.29) is 28.5 Å². The highest BCUT2D eigenvalue weighted by Gasteiger charge is 2.23. The van der Waals surface area contributed by atoms with Crippen molar-refractivity contribution in [2.45, 2.75) is 0 Å². The first-order valence-corrected chi connectivity index (χ1v) is 10.9. The number of nitrogens with one attached hydrogen (secondary N) is 2. The molecule has 2 N–H and O–H groups in total. The number of amides is 2. The van der Waals surface area contributed by atoms with Crippen LogP contribution in [0.1, 0.15) is 10.4 Å². The molecule has 0 atom stereocenters. The number of sulfonamides is 1. The largest absolute Gasteiger partial charge is 0.383 e. The third kappa shape index (κ3) is 6.41. The summed E-state index contributed by atoms with van der Waals surface area (Å²) in [5.41, 5.74) is 0.449. The molecule has 162 valence electrons. The van der Waals surface area contributed by atoms with Gasteiger partial charge in [-0.15, -0.1) is 0 Å². The minimum atomic E-state index is -3.88. The van der Waals surface area contributed by atoms with Crippen molar-refractivity contribution >= 4 is 44.8 Å². The van der Waals surface area contributed by atoms with E-state index in [9.17, 15) is 22.4 Å². The summed E-state index contributed by atoms with van der Waals surface area (Å²) in [7, 11) is -2.38. The second-order valence-corrected chi connectivity index (χ2v) is 8.52. The summed E-state index contributed by atoms with van der Waals surface area (Å²) >= 11 is 5.73. The van der Waals surface area contributed by atoms with E-state index >= 15 is 0 Å². The van der Waals surface area contributed by atoms with Crippen LogP contribution in [0, 0.1) is 5.82 Å². The lowest BCUT2D eigenvalue weighted by atomic mass is 10.1. The van der Waals surface area contributed by atoms with E-state index in [2.05, 4.69) is 10.6 Å². The predicted octanol–water partition coefficient (Wildman–Crippen LogP) is 2.26. The Kier molecular flexibility index (Phi) is 8.16. The van der Waals surface area contributed by atoms with Gasteiger partial charge in [0.1, 0.15) is 12.4 Å². The number of anilines is 2. The number of hydrogen-bond donors (Lipinski definition) is 2. The van der Waals surface area contributed by atoms with Gasteiger partial charge in [-0.1, -0.05) is 23.7 Å². The minimum Gasteiger partial charge on any atom is -0.383 e. The van der Waals surface area contributed by atoms with Crippen LogP contribution in [0.4, 0.5) is 15.8 Å². The van der Waals surface area contributed by atoms with Crippen molar-refractivity contribution in [3.05, 3.63) is 58.9 Å². The molecule has 30 heavy (non-hydrogen) atoms. The van der Waals surface area contributed by atoms with Gasteiger partial charge in [0.2, 0.25) is 15.9 Å². The molecule has 0 aliphatic rings. The number of benzene rings is 2. The molecule has 2 rings (SSSR count). The van der Waals surface area contributed by atoms with Gasteiger partial charge in [-0.3, -0.25) is 13.9 Å². The number of halogens is 2. The summed E-state index contributed by atoms with van der Waals surface area (Å²) in [6.07, 6.45) is 0.911. The summed E-state index contributed by atoms with van der Waals surface area (Å²) in [5, 5.41) is 4.90. The molecule has 0 bridgehead atoms. The number of hydrogen-bond acceptors (Lipinski definition) is 5. The molecule has 11 heteroatoms. The van der Waals surface area contributed by atoms with Crippen molar-refractivity contribution < 1.29 is 27.1 Å². The third-order valence-electron chi connectivity index (χ3n) is 3.92. The molecular weight excluding hydrogens is 437 g/mol. The Hall–Kier alpha value is -2.69. The lowest BCUT2D eigenvalue weighted by Crippen LogP contribution is -2.38. The molecule has 8 nitrogen and oxygen atoms in total. The zero-order valence-corrected chi connectivity index (χ0v) is 17.9. The molecule has 2 aromatic carbocycles. The zero-order chi connectivity index (χ0) is 22.3. The van der Waals surface area contributed by atoms with Gasteiger partial charge in [0.25, 0.3) is 5.91 Å². The fraction of sp³-hybridized carbons (Fsp3) is 0.263. The molecule has 2 amide bonds. The summed E-state index contributed by atoms with van der Waals surface area (Å²) in [6.45, 7) is 0.00896. The topological polar surface area (TPSA) is 105 Å². The van der Waals surface area contributed by atoms with E-state index in [1.54, 1.807) is 12.1 Å². The molecule has 0 aromatic heterocycles. The van der Waals surface area contributed by atoms with Gasteiger partial charge in [0, 0.05) is 13.7 Å². The van der Waals surface area contributed by atoms with Gasteiger partial charge in [0.15, 0.2) is 0 Å². The molecule has 0 saturated carbocycles. The predicted molar refractivity (Wildman–Crippen MR) is 113 cm³/mol. The van der Waals surface area contributed by atoms with Crippen LogP contribution >= 0.6 is 11.6 Å². The maximum absolute atomic E-state index is 13.4. The van der Waals surface area contributed by atoms with E-state index in [1.165, 1.54) is 25.3 Å². The zero-order valence-electron chi connectivity index (χ0n) is 16.3. The van der Waals surface area contributed by atoms with Crippen molar-refractivity contribution in [3.63, 3.8) is 0 Å². The Balaban J connectivity index is 2.20. The fourth-order valence-corrected chi connectivity index (χ4v) is 3.54. The highest BCUT2D eigenvalue weighted by atomic mass is 35.5. The van der Waals surface area contributed by atoms with Gasteiger partial charge in [-0.2, -0.15) is 0 Å². The van der Waals surface area contributed by atoms with Crippen LogP contribution in [0.2, 0.25) is 5.02 Å². The first kappa shape index (κ1) is 23.6. The van der Waals surface area contributed by atoms with E-state index in [0.717, 1.165) is 22.7 Å². The lowest BCUT2D eigenvalue weighted by Gasteiger charge is -2.22. The molecule has 0 unspecified atom stereocenters. The average Bonchev–Trinajstić information content (AvgIpc) is 2.68. The Labute approximate surface area is 179 Å². The van der Waals surface area contributed by atoms with Gasteiger partial charge in [0.05, 0.1) is 34.8 Å². The molecule has 0 aliphatic carbocycles. The van der Waals surface area contributed by atoms with Gasteiger partial charge in [-0.05, 0) is 30.3 Å². The Morgan fingerprint density at radius 2 is 1.90 bits per heavy atom. The molecule has 0 aliphatic heterocycles. The van der Waals surface area contributed by atoms with Crippen LogP contribution in [-0.4, -0.2) is 53.3 Å². The van der Waals surface area contributed by atoms with Crippen molar-refractivity contribution in [2.24, 2.45) is 0 Å². The molecule has 0 radical (unpaired) electrons. The average molecular weight is 458 g/mol. The van der Waals surface area contributed by atoms with Gasteiger partial charge >= 0.3 is 0 Å². The van der Waals surface area contributed by atoms with E-state index < -0.39 is 34.2 Å². The first-order valence-electron chi connectivity index (χ1n) is 8.72. The van der Waals surface area contributed by atoms with Crippen LogP contribution in [0.15, 0.2) is 42.5 Å². The Bertz CT molecular complexity index is 1030. The number of methoxy groups -OCH3 is 1. The molecule has 0 heterocycles. The van der Waals surface area contributed by atoms with E-state index in [1.807, 2.05) is 0 Å². The molecule has 0 spiro atoms. The number of nitrogens with zero attached hydrogens (tertiary/aromatic N) is 1. The molecular formula is C19H21ClFN3O5S. The maximum atomic E-state index is 13.4. The van der Waals surface area contributed by atoms with E-state index in [4.69, 9.17) is 16.3 Å². The second kappa shape index (κ2) is 10.4. The number of para-hydroxylation sites is 1. The highest BCUT2D eigenvalue weighted by molar-refractivity contribution is 7.92. The monoisotopic (exact) mass is 457 g/mol. The summed E-state index contributed by atoms with van der Waals surface area (Å²) in [4.78, 5) is 24.9. The summed E-state index contributed by atoms with van der Waals surface area (Å²) in [5.74, 6) is -1.84. The van der Waals surface area contributed by atoms with Crippen molar-refractivity contribution in [2.75, 3.05) is 42.7 Å². The normalized spacial score (nSPS) is 11.1. The quantitative estimate of drug-likeness (QED) is 0.562. The van der Waals surface area contributed by atoms with Crippen LogP contribution in [0.3, 0.4) is 0 Å². The molecule has 0 fully saturated rings. The van der Waals surface area contributed by atoms with Crippen LogP contribution in [-0.2, 0) is 19.6 Å². The van der Waals surface area contributed by atoms with E-state index in [0.29, 0.717) is 6.61 Å². The maximum Gasteiger partial charge on any atom is 0.253 e. The third-order valence-corrected chi connectivity index (χ3v) is 5.35. The smallest absolute Gasteiger partial charge is 0.253 e. The number of rotatable bonds is 9. The summed E-state index contributed by atoms with van der Waals surface area (Å²) < 4.78 is 43.4. The number of ether oxygens (including phenoxy) is 1. The lowest BCUT2D eigenvalue weighted by molar-refractivity contribution is -0.114. The standard InChI is InChI=1S/C19H21ClFN3O5S/c1-29-10-9-22-19(26)14-5-3-4-6-17(14)23-18(25)12-24(30(2,27)28)13-7-8-16(21)15(20)11-13/h3-8,11H,9-10,12H2,1-2H3,(H,22,26)(H,23,25). The highest BCUT2D eigenvalue weighted by Crippen LogP contribution is 2.24. The van der Waals surface area contributed by atoms with Crippen molar-refractivity contribution in [3.8, 4) is 0 Å². The fourth-order valence-electron chi connectivity index (χ4n) is 2.51. The van der Waals surface area contributed by atoms with Crippen molar-refractivity contribution in [1.29, 1.82) is 0 Å². The van der Waals surface area contributed by atoms with Crippen LogP contribution in [0.5, 0.6) is 0 Å². The number of carbonyl (C=O) groups is 2. The Morgan fingerprint density at radius 1 is 1.20 bits per heavy atom. The first-order chi connectivity index (χ1) is 14.1. The number of carbonyl (C=O) groups excluding carboxylic acids is 2. The van der Waals surface area contributed by atoms with Crippen LogP contribution < -0.4 is 14.9 Å². The molecule has 2 aromatic rings. The van der Waals surface area contributed by atoms with Gasteiger partial charge in [-0.25, -0.2) is 12.8 Å². The Morgan fingerprint density at radius 3 is 2.53 bits per heavy atom. The SMILES string of the molecule is COCCNC(=O)c1ccccc1NC(=O)CN(c1ccc(F)c(Cl)c1)S(C)(=O)=O. The second-order valence-electron chi connectivity index (χ2n) is 6.21. The van der Waals surface area contributed by atoms with Gasteiger partial charge < -0.3 is 15.4 Å². The van der Waals surface area contributed by atoms with Crippen LogP contribution in [0.25, 0.3) is 0 Å². The summed E-state index contributed by atoms with van der Waals surface area (Å²) in [6, 6.07) is 9.61. The van der Waals surface area contributed by atoms with Crippen molar-refractivity contribution in [1.82, 2.24) is 5.32 Å². The minimum absolute atomic E-state index is 0.0321. The molecule has 0 saturated heterocycles.